The maximum atomic E-state index is 12.5. The molecular weight excluding hydrogens is 380 g/mol. The van der Waals surface area contributed by atoms with E-state index in [0.717, 1.165) is 21.4 Å². The van der Waals surface area contributed by atoms with Crippen molar-refractivity contribution in [2.45, 2.75) is 13.8 Å². The summed E-state index contributed by atoms with van der Waals surface area (Å²) in [5.74, 6) is 0.115. The second kappa shape index (κ2) is 7.44. The second-order valence-electron chi connectivity index (χ2n) is 5.67. The van der Waals surface area contributed by atoms with Crippen LogP contribution in [0, 0.1) is 13.8 Å². The standard InChI is InChI=1S/C19H17BrN4O/c1-12-3-7-15(8-4-12)22-18(25)17-11-13(2)21-19(24-17)23-16-9-5-14(20)6-10-16/h3-11H,1-2H3,(H,22,25)(H,21,23,24). The van der Waals surface area contributed by atoms with Crippen molar-refractivity contribution in [1.82, 2.24) is 9.97 Å². The van der Waals surface area contributed by atoms with Gasteiger partial charge in [0.25, 0.3) is 5.91 Å². The van der Waals surface area contributed by atoms with Gasteiger partial charge in [0.05, 0.1) is 0 Å². The number of amides is 1. The molecule has 5 nitrogen and oxygen atoms in total. The Hall–Kier alpha value is -2.73. The third-order valence-electron chi connectivity index (χ3n) is 3.50. The summed E-state index contributed by atoms with van der Waals surface area (Å²) < 4.78 is 0.987. The van der Waals surface area contributed by atoms with Crippen LogP contribution >= 0.6 is 15.9 Å². The zero-order valence-corrected chi connectivity index (χ0v) is 15.5. The number of carbonyl (C=O) groups excluding carboxylic acids is 1. The highest BCUT2D eigenvalue weighted by Gasteiger charge is 2.11. The van der Waals surface area contributed by atoms with Crippen molar-refractivity contribution in [3.05, 3.63) is 76.0 Å². The van der Waals surface area contributed by atoms with E-state index in [0.29, 0.717) is 17.3 Å². The maximum Gasteiger partial charge on any atom is 0.274 e. The Labute approximate surface area is 154 Å². The number of anilines is 3. The van der Waals surface area contributed by atoms with Gasteiger partial charge in [-0.1, -0.05) is 33.6 Å². The van der Waals surface area contributed by atoms with Gasteiger partial charge in [0.2, 0.25) is 5.95 Å². The summed E-state index contributed by atoms with van der Waals surface area (Å²) in [4.78, 5) is 21.1. The molecule has 1 amide bonds. The molecule has 0 bridgehead atoms. The minimum Gasteiger partial charge on any atom is -0.324 e. The summed E-state index contributed by atoms with van der Waals surface area (Å²) >= 11 is 3.40. The van der Waals surface area contributed by atoms with Crippen molar-refractivity contribution in [3.8, 4) is 0 Å². The quantitative estimate of drug-likeness (QED) is 0.661. The minimum atomic E-state index is -0.270. The monoisotopic (exact) mass is 396 g/mol. The number of rotatable bonds is 4. The number of nitrogens with zero attached hydrogens (tertiary/aromatic N) is 2. The number of aromatic nitrogens is 2. The molecule has 0 unspecified atom stereocenters. The molecule has 0 spiro atoms. The highest BCUT2D eigenvalue weighted by molar-refractivity contribution is 9.10. The molecule has 1 heterocycles. The van der Waals surface area contributed by atoms with Crippen molar-refractivity contribution < 1.29 is 4.79 Å². The first-order chi connectivity index (χ1) is 12.0. The molecule has 25 heavy (non-hydrogen) atoms. The first-order valence-electron chi connectivity index (χ1n) is 7.76. The van der Waals surface area contributed by atoms with Gasteiger partial charge in [-0.3, -0.25) is 4.79 Å². The van der Waals surface area contributed by atoms with Crippen molar-refractivity contribution in [2.24, 2.45) is 0 Å². The zero-order valence-electron chi connectivity index (χ0n) is 13.9. The summed E-state index contributed by atoms with van der Waals surface area (Å²) in [6, 6.07) is 16.9. The van der Waals surface area contributed by atoms with E-state index in [1.165, 1.54) is 0 Å². The number of hydrogen-bond acceptors (Lipinski definition) is 4. The highest BCUT2D eigenvalue weighted by atomic mass is 79.9. The van der Waals surface area contributed by atoms with Crippen LogP contribution < -0.4 is 10.6 Å². The van der Waals surface area contributed by atoms with Crippen LogP contribution in [0.4, 0.5) is 17.3 Å². The average Bonchev–Trinajstić information content (AvgIpc) is 2.58. The minimum absolute atomic E-state index is 0.270. The fraction of sp³-hybridized carbons (Fsp3) is 0.105. The molecule has 3 aromatic rings. The summed E-state index contributed by atoms with van der Waals surface area (Å²) in [5, 5.41) is 5.96. The topological polar surface area (TPSA) is 66.9 Å². The molecule has 0 aliphatic rings. The molecule has 6 heteroatoms. The van der Waals surface area contributed by atoms with Gasteiger partial charge < -0.3 is 10.6 Å². The third-order valence-corrected chi connectivity index (χ3v) is 4.03. The van der Waals surface area contributed by atoms with Crippen LogP contribution in [0.3, 0.4) is 0 Å². The van der Waals surface area contributed by atoms with E-state index in [1.54, 1.807) is 6.07 Å². The lowest BCUT2D eigenvalue weighted by atomic mass is 10.2. The zero-order chi connectivity index (χ0) is 17.8. The van der Waals surface area contributed by atoms with Crippen LogP contribution in [0.15, 0.2) is 59.1 Å². The Morgan fingerprint density at radius 1 is 0.920 bits per heavy atom. The fourth-order valence-electron chi connectivity index (χ4n) is 2.24. The van der Waals surface area contributed by atoms with E-state index < -0.39 is 0 Å². The molecule has 1 aromatic heterocycles. The first-order valence-corrected chi connectivity index (χ1v) is 8.55. The number of hydrogen-bond donors (Lipinski definition) is 2. The summed E-state index contributed by atoms with van der Waals surface area (Å²) in [6.45, 7) is 3.83. The first kappa shape index (κ1) is 17.1. The second-order valence-corrected chi connectivity index (χ2v) is 6.59. The largest absolute Gasteiger partial charge is 0.324 e. The molecule has 0 aliphatic heterocycles. The molecule has 0 saturated carbocycles. The van der Waals surface area contributed by atoms with Gasteiger partial charge in [-0.05, 0) is 56.3 Å². The van der Waals surface area contributed by atoms with Crippen molar-refractivity contribution in [3.63, 3.8) is 0 Å². The highest BCUT2D eigenvalue weighted by Crippen LogP contribution is 2.18. The summed E-state index contributed by atoms with van der Waals surface area (Å²) in [7, 11) is 0. The normalized spacial score (nSPS) is 10.4. The van der Waals surface area contributed by atoms with Gasteiger partial charge in [-0.15, -0.1) is 0 Å². The molecule has 0 atom stereocenters. The van der Waals surface area contributed by atoms with Gasteiger partial charge in [0, 0.05) is 21.5 Å². The van der Waals surface area contributed by atoms with E-state index in [-0.39, 0.29) is 5.91 Å². The Kier molecular flexibility index (Phi) is 5.09. The van der Waals surface area contributed by atoms with Crippen molar-refractivity contribution in [1.29, 1.82) is 0 Å². The SMILES string of the molecule is Cc1ccc(NC(=O)c2cc(C)nc(Nc3ccc(Br)cc3)n2)cc1. The number of aryl methyl sites for hydroxylation is 2. The third kappa shape index (κ3) is 4.64. The Balaban J connectivity index is 1.79. The van der Waals surface area contributed by atoms with E-state index in [1.807, 2.05) is 62.4 Å². The summed E-state index contributed by atoms with van der Waals surface area (Å²) in [5.41, 5.74) is 3.74. The lowest BCUT2D eigenvalue weighted by Crippen LogP contribution is -2.15. The van der Waals surface area contributed by atoms with Crippen LogP contribution in [-0.4, -0.2) is 15.9 Å². The number of benzene rings is 2. The van der Waals surface area contributed by atoms with E-state index in [9.17, 15) is 4.79 Å². The van der Waals surface area contributed by atoms with Gasteiger partial charge in [-0.25, -0.2) is 9.97 Å². The number of halogens is 1. The smallest absolute Gasteiger partial charge is 0.274 e. The van der Waals surface area contributed by atoms with Crippen LogP contribution in [0.5, 0.6) is 0 Å². The Morgan fingerprint density at radius 3 is 2.24 bits per heavy atom. The van der Waals surface area contributed by atoms with E-state index in [2.05, 4.69) is 36.5 Å². The molecule has 2 aromatic carbocycles. The molecule has 0 radical (unpaired) electrons. The molecular formula is C19H17BrN4O. The van der Waals surface area contributed by atoms with Crippen molar-refractivity contribution in [2.75, 3.05) is 10.6 Å². The number of nitrogens with one attached hydrogen (secondary N) is 2. The number of carbonyl (C=O) groups is 1. The van der Waals surface area contributed by atoms with Crippen LogP contribution in [0.2, 0.25) is 0 Å². The maximum absolute atomic E-state index is 12.5. The molecule has 0 aliphatic carbocycles. The molecule has 126 valence electrons. The van der Waals surface area contributed by atoms with Crippen molar-refractivity contribution >= 4 is 39.2 Å². The fourth-order valence-corrected chi connectivity index (χ4v) is 2.50. The molecule has 0 saturated heterocycles. The molecule has 3 rings (SSSR count). The molecule has 0 fully saturated rings. The van der Waals surface area contributed by atoms with E-state index >= 15 is 0 Å². The van der Waals surface area contributed by atoms with Crippen LogP contribution in [0.1, 0.15) is 21.7 Å². The summed E-state index contributed by atoms with van der Waals surface area (Å²) in [6.07, 6.45) is 0. The van der Waals surface area contributed by atoms with Crippen LogP contribution in [0.25, 0.3) is 0 Å². The van der Waals surface area contributed by atoms with Gasteiger partial charge >= 0.3 is 0 Å². The Bertz CT molecular complexity index is 892. The predicted molar refractivity (Wildman–Crippen MR) is 103 cm³/mol. The molecule has 2 N–H and O–H groups in total. The van der Waals surface area contributed by atoms with E-state index in [4.69, 9.17) is 0 Å². The van der Waals surface area contributed by atoms with Crippen LogP contribution in [-0.2, 0) is 0 Å². The predicted octanol–water partition coefficient (Wildman–Crippen LogP) is 4.85. The Morgan fingerprint density at radius 2 is 1.56 bits per heavy atom. The van der Waals surface area contributed by atoms with Gasteiger partial charge in [0.15, 0.2) is 0 Å². The lowest BCUT2D eigenvalue weighted by Gasteiger charge is -2.09. The van der Waals surface area contributed by atoms with Gasteiger partial charge in [-0.2, -0.15) is 0 Å². The average molecular weight is 397 g/mol. The van der Waals surface area contributed by atoms with Gasteiger partial charge in [0.1, 0.15) is 5.69 Å². The lowest BCUT2D eigenvalue weighted by molar-refractivity contribution is 0.102.